The summed E-state index contributed by atoms with van der Waals surface area (Å²) in [6, 6.07) is 5.13. The van der Waals surface area contributed by atoms with Crippen molar-refractivity contribution in [1.29, 1.82) is 0 Å². The van der Waals surface area contributed by atoms with Crippen LogP contribution in [0.4, 0.5) is 4.79 Å². The first-order valence-corrected chi connectivity index (χ1v) is 7.44. The molecule has 2 rings (SSSR count). The highest BCUT2D eigenvalue weighted by molar-refractivity contribution is 6.36. The quantitative estimate of drug-likeness (QED) is 0.901. The van der Waals surface area contributed by atoms with Gasteiger partial charge in [0.2, 0.25) is 0 Å². The van der Waals surface area contributed by atoms with Gasteiger partial charge in [-0.15, -0.1) is 0 Å². The van der Waals surface area contributed by atoms with Crippen molar-refractivity contribution in [2.45, 2.75) is 19.4 Å². The lowest BCUT2D eigenvalue weighted by Gasteiger charge is -2.31. The second-order valence-corrected chi connectivity index (χ2v) is 5.81. The number of rotatable bonds is 3. The van der Waals surface area contributed by atoms with Crippen LogP contribution in [0.2, 0.25) is 10.0 Å². The molecule has 1 saturated heterocycles. The fourth-order valence-electron chi connectivity index (χ4n) is 2.38. The van der Waals surface area contributed by atoms with Crippen LogP contribution in [0.3, 0.4) is 0 Å². The molecule has 1 aliphatic rings. The molecule has 0 bridgehead atoms. The van der Waals surface area contributed by atoms with E-state index in [1.807, 2.05) is 0 Å². The summed E-state index contributed by atoms with van der Waals surface area (Å²) < 4.78 is 0. The summed E-state index contributed by atoms with van der Waals surface area (Å²) in [5.41, 5.74) is 0.722. The number of piperidine rings is 1. The van der Waals surface area contributed by atoms with Gasteiger partial charge < -0.3 is 15.3 Å². The number of urea groups is 1. The summed E-state index contributed by atoms with van der Waals surface area (Å²) in [7, 11) is 0. The number of aliphatic hydroxyl groups excluding tert-OH is 1. The number of nitrogens with one attached hydrogen (secondary N) is 1. The van der Waals surface area contributed by atoms with E-state index in [0.29, 0.717) is 23.1 Å². The Hall–Kier alpha value is -0.970. The molecule has 0 aliphatic carbocycles. The molecule has 2 N–H and O–H groups in total. The lowest BCUT2D eigenvalue weighted by atomic mass is 9.99. The van der Waals surface area contributed by atoms with Crippen molar-refractivity contribution in [2.24, 2.45) is 5.92 Å². The monoisotopic (exact) mass is 316 g/mol. The van der Waals surface area contributed by atoms with E-state index >= 15 is 0 Å². The first kappa shape index (κ1) is 15.4. The van der Waals surface area contributed by atoms with E-state index in [1.165, 1.54) is 0 Å². The van der Waals surface area contributed by atoms with Gasteiger partial charge in [-0.05, 0) is 30.9 Å². The zero-order chi connectivity index (χ0) is 14.5. The highest BCUT2D eigenvalue weighted by Crippen LogP contribution is 2.24. The molecular weight excluding hydrogens is 299 g/mol. The number of hydrogen-bond acceptors (Lipinski definition) is 2. The first-order chi connectivity index (χ1) is 9.61. The average molecular weight is 317 g/mol. The van der Waals surface area contributed by atoms with Crippen LogP contribution in [0, 0.1) is 5.92 Å². The van der Waals surface area contributed by atoms with Crippen LogP contribution in [0.15, 0.2) is 18.2 Å². The van der Waals surface area contributed by atoms with Gasteiger partial charge in [0.25, 0.3) is 0 Å². The maximum absolute atomic E-state index is 12.1. The van der Waals surface area contributed by atoms with Crippen LogP contribution >= 0.6 is 23.2 Å². The molecule has 0 saturated carbocycles. The Labute approximate surface area is 128 Å². The molecule has 1 heterocycles. The number of aliphatic hydroxyl groups is 1. The predicted molar refractivity (Wildman–Crippen MR) is 80.1 cm³/mol. The normalized spacial score (nSPS) is 18.9. The number of benzene rings is 1. The second-order valence-electron chi connectivity index (χ2n) is 5.00. The Kier molecular flexibility index (Phi) is 5.52. The summed E-state index contributed by atoms with van der Waals surface area (Å²) in [5.74, 6) is 0.179. The number of nitrogens with zero attached hydrogens (tertiary/aromatic N) is 1. The SMILES string of the molecule is O=C(NCc1c(Cl)cccc1Cl)N1CCCC(CO)C1. The summed E-state index contributed by atoms with van der Waals surface area (Å²) in [5, 5.41) is 13.1. The molecule has 1 aromatic rings. The molecule has 1 unspecified atom stereocenters. The molecule has 6 heteroatoms. The van der Waals surface area contributed by atoms with E-state index in [9.17, 15) is 9.90 Å². The third-order valence-corrected chi connectivity index (χ3v) is 4.25. The molecule has 1 aromatic carbocycles. The largest absolute Gasteiger partial charge is 0.396 e. The predicted octanol–water partition coefficient (Wildman–Crippen LogP) is 2.91. The molecule has 4 nitrogen and oxygen atoms in total. The molecule has 1 aliphatic heterocycles. The van der Waals surface area contributed by atoms with E-state index in [4.69, 9.17) is 23.2 Å². The summed E-state index contributed by atoms with van der Waals surface area (Å²) in [6.07, 6.45) is 1.89. The molecule has 0 spiro atoms. The number of carbonyl (C=O) groups excluding carboxylic acids is 1. The van der Waals surface area contributed by atoms with Crippen molar-refractivity contribution < 1.29 is 9.90 Å². The first-order valence-electron chi connectivity index (χ1n) is 6.68. The Morgan fingerprint density at radius 2 is 2.10 bits per heavy atom. The zero-order valence-electron chi connectivity index (χ0n) is 11.1. The van der Waals surface area contributed by atoms with Crippen molar-refractivity contribution >= 4 is 29.2 Å². The molecule has 2 amide bonds. The minimum Gasteiger partial charge on any atom is -0.396 e. The standard InChI is InChI=1S/C14H18Cl2N2O2/c15-12-4-1-5-13(16)11(12)7-17-14(20)18-6-2-3-10(8-18)9-19/h1,4-5,10,19H,2-3,6-9H2,(H,17,20). The fraction of sp³-hybridized carbons (Fsp3) is 0.500. The molecule has 0 aromatic heterocycles. The molecule has 1 fully saturated rings. The van der Waals surface area contributed by atoms with Gasteiger partial charge in [-0.25, -0.2) is 4.79 Å². The van der Waals surface area contributed by atoms with E-state index < -0.39 is 0 Å². The van der Waals surface area contributed by atoms with E-state index in [1.54, 1.807) is 23.1 Å². The number of likely N-dealkylation sites (tertiary alicyclic amines) is 1. The lowest BCUT2D eigenvalue weighted by Crippen LogP contribution is -2.46. The van der Waals surface area contributed by atoms with E-state index in [-0.39, 0.29) is 18.6 Å². The van der Waals surface area contributed by atoms with Crippen LogP contribution in [-0.2, 0) is 6.54 Å². The van der Waals surface area contributed by atoms with Crippen molar-refractivity contribution in [2.75, 3.05) is 19.7 Å². The van der Waals surface area contributed by atoms with Crippen molar-refractivity contribution in [3.63, 3.8) is 0 Å². The summed E-state index contributed by atoms with van der Waals surface area (Å²) in [6.45, 7) is 1.74. The topological polar surface area (TPSA) is 52.6 Å². The smallest absolute Gasteiger partial charge is 0.317 e. The minimum atomic E-state index is -0.140. The Bertz CT molecular complexity index is 462. The molecular formula is C14H18Cl2N2O2. The van der Waals surface area contributed by atoms with Crippen LogP contribution in [0.25, 0.3) is 0 Å². The third kappa shape index (κ3) is 3.78. The second kappa shape index (κ2) is 7.16. The van der Waals surface area contributed by atoms with Gasteiger partial charge in [-0.1, -0.05) is 29.3 Å². The van der Waals surface area contributed by atoms with Crippen LogP contribution < -0.4 is 5.32 Å². The summed E-state index contributed by atoms with van der Waals surface area (Å²) >= 11 is 12.1. The number of carbonyl (C=O) groups is 1. The van der Waals surface area contributed by atoms with E-state index in [0.717, 1.165) is 24.9 Å². The van der Waals surface area contributed by atoms with Crippen molar-refractivity contribution in [3.05, 3.63) is 33.8 Å². The van der Waals surface area contributed by atoms with Crippen molar-refractivity contribution in [3.8, 4) is 0 Å². The van der Waals surface area contributed by atoms with Crippen LogP contribution in [-0.4, -0.2) is 35.7 Å². The molecule has 110 valence electrons. The van der Waals surface area contributed by atoms with Crippen molar-refractivity contribution in [1.82, 2.24) is 10.2 Å². The number of hydrogen-bond donors (Lipinski definition) is 2. The van der Waals surface area contributed by atoms with Gasteiger partial charge in [0, 0.05) is 41.8 Å². The van der Waals surface area contributed by atoms with Gasteiger partial charge >= 0.3 is 6.03 Å². The van der Waals surface area contributed by atoms with Gasteiger partial charge in [-0.2, -0.15) is 0 Å². The van der Waals surface area contributed by atoms with Crippen LogP contribution in [0.5, 0.6) is 0 Å². The Morgan fingerprint density at radius 3 is 2.75 bits per heavy atom. The van der Waals surface area contributed by atoms with Crippen LogP contribution in [0.1, 0.15) is 18.4 Å². The number of halogens is 2. The fourth-order valence-corrected chi connectivity index (χ4v) is 2.91. The highest BCUT2D eigenvalue weighted by Gasteiger charge is 2.23. The third-order valence-electron chi connectivity index (χ3n) is 3.54. The Balaban J connectivity index is 1.92. The van der Waals surface area contributed by atoms with Gasteiger partial charge in [0.05, 0.1) is 0 Å². The molecule has 0 radical (unpaired) electrons. The minimum absolute atomic E-state index is 0.125. The lowest BCUT2D eigenvalue weighted by molar-refractivity contribution is 0.129. The highest BCUT2D eigenvalue weighted by atomic mass is 35.5. The molecule has 1 atom stereocenters. The zero-order valence-corrected chi connectivity index (χ0v) is 12.6. The Morgan fingerprint density at radius 1 is 1.40 bits per heavy atom. The van der Waals surface area contributed by atoms with Gasteiger partial charge in [0.1, 0.15) is 0 Å². The van der Waals surface area contributed by atoms with E-state index in [2.05, 4.69) is 5.32 Å². The number of amides is 2. The average Bonchev–Trinajstić information content (AvgIpc) is 2.46. The molecule has 20 heavy (non-hydrogen) atoms. The maximum Gasteiger partial charge on any atom is 0.317 e. The van der Waals surface area contributed by atoms with Gasteiger partial charge in [0.15, 0.2) is 0 Å². The van der Waals surface area contributed by atoms with Gasteiger partial charge in [-0.3, -0.25) is 0 Å². The maximum atomic E-state index is 12.1. The summed E-state index contributed by atoms with van der Waals surface area (Å²) in [4.78, 5) is 13.8.